The number of nitrogens with zero attached hydrogens (tertiary/aromatic N) is 2. The van der Waals surface area contributed by atoms with E-state index in [0.29, 0.717) is 6.54 Å². The first kappa shape index (κ1) is 10.0. The van der Waals surface area contributed by atoms with Gasteiger partial charge in [-0.25, -0.2) is 0 Å². The molecule has 1 fully saturated rings. The van der Waals surface area contributed by atoms with Crippen LogP contribution >= 0.6 is 0 Å². The Morgan fingerprint density at radius 2 is 2.15 bits per heavy atom. The van der Waals surface area contributed by atoms with Crippen molar-refractivity contribution in [3.8, 4) is 0 Å². The molecule has 1 saturated heterocycles. The van der Waals surface area contributed by atoms with E-state index >= 15 is 0 Å². The van der Waals surface area contributed by atoms with Crippen molar-refractivity contribution < 1.29 is 9.59 Å². The lowest BCUT2D eigenvalue weighted by Crippen LogP contribution is -2.48. The molecular formula is C9H16N2O2. The zero-order chi connectivity index (χ0) is 9.84. The van der Waals surface area contributed by atoms with E-state index in [9.17, 15) is 9.59 Å². The summed E-state index contributed by atoms with van der Waals surface area (Å²) >= 11 is 0. The van der Waals surface area contributed by atoms with E-state index in [1.807, 2.05) is 0 Å². The number of likely N-dealkylation sites (N-methyl/N-ethyl adjacent to an activating group) is 1. The van der Waals surface area contributed by atoms with Crippen LogP contribution in [0.2, 0.25) is 0 Å². The molecule has 1 unspecified atom stereocenters. The van der Waals surface area contributed by atoms with Crippen LogP contribution in [0.1, 0.15) is 19.3 Å². The SMILES string of the molecule is CN(C)C(=O)C1CCCCN1C=O. The molecule has 4 heteroatoms. The average molecular weight is 184 g/mol. The second-order valence-corrected chi connectivity index (χ2v) is 3.59. The molecular weight excluding hydrogens is 168 g/mol. The number of likely N-dealkylation sites (tertiary alicyclic amines) is 1. The molecule has 0 N–H and O–H groups in total. The molecule has 0 aromatic rings. The molecule has 0 spiro atoms. The van der Waals surface area contributed by atoms with Crippen molar-refractivity contribution in [1.82, 2.24) is 9.80 Å². The van der Waals surface area contributed by atoms with Crippen LogP contribution in [0, 0.1) is 0 Å². The molecule has 0 radical (unpaired) electrons. The molecule has 1 aliphatic heterocycles. The van der Waals surface area contributed by atoms with Gasteiger partial charge in [-0.3, -0.25) is 9.59 Å². The Morgan fingerprint density at radius 3 is 2.69 bits per heavy atom. The van der Waals surface area contributed by atoms with Crippen LogP contribution in [0.15, 0.2) is 0 Å². The maximum absolute atomic E-state index is 11.6. The van der Waals surface area contributed by atoms with Gasteiger partial charge in [-0.15, -0.1) is 0 Å². The molecule has 2 amide bonds. The maximum Gasteiger partial charge on any atom is 0.244 e. The van der Waals surface area contributed by atoms with Gasteiger partial charge in [-0.05, 0) is 19.3 Å². The molecule has 13 heavy (non-hydrogen) atoms. The number of carbonyl (C=O) groups excluding carboxylic acids is 2. The van der Waals surface area contributed by atoms with Gasteiger partial charge in [0, 0.05) is 20.6 Å². The summed E-state index contributed by atoms with van der Waals surface area (Å²) in [5, 5.41) is 0. The van der Waals surface area contributed by atoms with E-state index < -0.39 is 0 Å². The molecule has 1 heterocycles. The molecule has 0 bridgehead atoms. The zero-order valence-corrected chi connectivity index (χ0v) is 8.19. The van der Waals surface area contributed by atoms with E-state index in [2.05, 4.69) is 0 Å². The van der Waals surface area contributed by atoms with Gasteiger partial charge < -0.3 is 9.80 Å². The van der Waals surface area contributed by atoms with Crippen LogP contribution in [0.4, 0.5) is 0 Å². The number of piperidine rings is 1. The van der Waals surface area contributed by atoms with Gasteiger partial charge in [0.1, 0.15) is 6.04 Å². The fourth-order valence-electron chi connectivity index (χ4n) is 1.64. The lowest BCUT2D eigenvalue weighted by atomic mass is 10.0. The van der Waals surface area contributed by atoms with Crippen LogP contribution < -0.4 is 0 Å². The topological polar surface area (TPSA) is 40.6 Å². The summed E-state index contributed by atoms with van der Waals surface area (Å²) in [7, 11) is 3.44. The first-order valence-electron chi connectivity index (χ1n) is 4.59. The molecule has 0 aromatic carbocycles. The summed E-state index contributed by atoms with van der Waals surface area (Å²) in [5.41, 5.74) is 0. The highest BCUT2D eigenvalue weighted by Crippen LogP contribution is 2.16. The van der Waals surface area contributed by atoms with Crippen molar-refractivity contribution >= 4 is 12.3 Å². The van der Waals surface area contributed by atoms with Crippen molar-refractivity contribution in [2.45, 2.75) is 25.3 Å². The molecule has 0 saturated carbocycles. The summed E-state index contributed by atoms with van der Waals surface area (Å²) in [4.78, 5) is 25.4. The molecule has 1 aliphatic rings. The minimum absolute atomic E-state index is 0.0341. The number of rotatable bonds is 2. The van der Waals surface area contributed by atoms with Crippen molar-refractivity contribution in [3.63, 3.8) is 0 Å². The third-order valence-electron chi connectivity index (χ3n) is 2.41. The Hall–Kier alpha value is -1.06. The van der Waals surface area contributed by atoms with Crippen LogP contribution in [-0.4, -0.2) is 48.8 Å². The summed E-state index contributed by atoms with van der Waals surface area (Å²) in [6.45, 7) is 0.716. The van der Waals surface area contributed by atoms with Gasteiger partial charge in [-0.1, -0.05) is 0 Å². The number of hydrogen-bond acceptors (Lipinski definition) is 2. The predicted octanol–water partition coefficient (Wildman–Crippen LogP) is 0.0855. The Balaban J connectivity index is 2.63. The number of carbonyl (C=O) groups is 2. The van der Waals surface area contributed by atoms with Crippen LogP contribution in [0.5, 0.6) is 0 Å². The zero-order valence-electron chi connectivity index (χ0n) is 8.19. The first-order chi connectivity index (χ1) is 6.16. The Morgan fingerprint density at radius 1 is 1.46 bits per heavy atom. The quantitative estimate of drug-likeness (QED) is 0.570. The van der Waals surface area contributed by atoms with Gasteiger partial charge in [0.2, 0.25) is 12.3 Å². The Labute approximate surface area is 78.5 Å². The summed E-state index contributed by atoms with van der Waals surface area (Å²) in [5.74, 6) is 0.0341. The molecule has 4 nitrogen and oxygen atoms in total. The van der Waals surface area contributed by atoms with E-state index in [-0.39, 0.29) is 11.9 Å². The maximum atomic E-state index is 11.6. The average Bonchev–Trinajstić information content (AvgIpc) is 2.16. The van der Waals surface area contributed by atoms with Crippen LogP contribution in [-0.2, 0) is 9.59 Å². The number of amides is 2. The van der Waals surface area contributed by atoms with Crippen molar-refractivity contribution in [2.75, 3.05) is 20.6 Å². The monoisotopic (exact) mass is 184 g/mol. The molecule has 1 rings (SSSR count). The molecule has 74 valence electrons. The third kappa shape index (κ3) is 2.20. The van der Waals surface area contributed by atoms with Crippen molar-refractivity contribution in [1.29, 1.82) is 0 Å². The largest absolute Gasteiger partial charge is 0.347 e. The Bertz CT molecular complexity index is 204. The molecule has 0 aromatic heterocycles. The molecule has 0 aliphatic carbocycles. The number of hydrogen-bond donors (Lipinski definition) is 0. The highest BCUT2D eigenvalue weighted by Gasteiger charge is 2.28. The minimum atomic E-state index is -0.221. The second kappa shape index (κ2) is 4.25. The van der Waals surface area contributed by atoms with Crippen LogP contribution in [0.25, 0.3) is 0 Å². The lowest BCUT2D eigenvalue weighted by Gasteiger charge is -2.33. The smallest absolute Gasteiger partial charge is 0.244 e. The van der Waals surface area contributed by atoms with E-state index in [1.54, 1.807) is 23.9 Å². The fourth-order valence-corrected chi connectivity index (χ4v) is 1.64. The van der Waals surface area contributed by atoms with E-state index in [1.165, 1.54) is 0 Å². The summed E-state index contributed by atoms with van der Waals surface area (Å²) in [6.07, 6.45) is 3.63. The van der Waals surface area contributed by atoms with Gasteiger partial charge in [-0.2, -0.15) is 0 Å². The highest BCUT2D eigenvalue weighted by atomic mass is 16.2. The second-order valence-electron chi connectivity index (χ2n) is 3.59. The standard InChI is InChI=1S/C9H16N2O2/c1-10(2)9(13)8-5-3-4-6-11(8)7-12/h7-8H,3-6H2,1-2H3. The fraction of sp³-hybridized carbons (Fsp3) is 0.778. The highest BCUT2D eigenvalue weighted by molar-refractivity contribution is 5.83. The van der Waals surface area contributed by atoms with E-state index in [4.69, 9.17) is 0 Å². The van der Waals surface area contributed by atoms with E-state index in [0.717, 1.165) is 25.7 Å². The van der Waals surface area contributed by atoms with Gasteiger partial charge >= 0.3 is 0 Å². The van der Waals surface area contributed by atoms with Gasteiger partial charge in [0.15, 0.2) is 0 Å². The van der Waals surface area contributed by atoms with Crippen LogP contribution in [0.3, 0.4) is 0 Å². The summed E-state index contributed by atoms with van der Waals surface area (Å²) < 4.78 is 0. The first-order valence-corrected chi connectivity index (χ1v) is 4.59. The van der Waals surface area contributed by atoms with Crippen molar-refractivity contribution in [2.24, 2.45) is 0 Å². The third-order valence-corrected chi connectivity index (χ3v) is 2.41. The normalized spacial score (nSPS) is 22.6. The lowest BCUT2D eigenvalue weighted by molar-refractivity contribution is -0.140. The van der Waals surface area contributed by atoms with Gasteiger partial charge in [0.25, 0.3) is 0 Å². The van der Waals surface area contributed by atoms with Gasteiger partial charge in [0.05, 0.1) is 0 Å². The van der Waals surface area contributed by atoms with Crippen molar-refractivity contribution in [3.05, 3.63) is 0 Å². The summed E-state index contributed by atoms with van der Waals surface area (Å²) in [6, 6.07) is -0.221. The minimum Gasteiger partial charge on any atom is -0.347 e. The predicted molar refractivity (Wildman–Crippen MR) is 49.1 cm³/mol. The Kier molecular flexibility index (Phi) is 3.28. The molecule has 1 atom stereocenters.